The Morgan fingerprint density at radius 2 is 1.41 bits per heavy atom. The van der Waals surface area contributed by atoms with Crippen LogP contribution in [0.2, 0.25) is 0 Å². The van der Waals surface area contributed by atoms with Gasteiger partial charge in [-0.3, -0.25) is 13.9 Å². The van der Waals surface area contributed by atoms with Crippen LogP contribution in [-0.4, -0.2) is 44.8 Å². The van der Waals surface area contributed by atoms with Crippen LogP contribution in [-0.2, 0) is 32.6 Å². The van der Waals surface area contributed by atoms with Gasteiger partial charge in [-0.1, -0.05) is 84.4 Å². The largest absolute Gasteiger partial charge is 0.357 e. The van der Waals surface area contributed by atoms with Gasteiger partial charge in [0.1, 0.15) is 18.4 Å². The van der Waals surface area contributed by atoms with Gasteiger partial charge in [-0.05, 0) is 42.8 Å². The Morgan fingerprint density at radius 1 is 0.829 bits per heavy atom. The van der Waals surface area contributed by atoms with Crippen LogP contribution in [0.3, 0.4) is 0 Å². The number of nitrogens with one attached hydrogen (secondary N) is 1. The number of benzene rings is 4. The molecule has 0 spiro atoms. The van der Waals surface area contributed by atoms with Crippen molar-refractivity contribution in [2.24, 2.45) is 0 Å². The zero-order valence-corrected chi connectivity index (χ0v) is 23.7. The van der Waals surface area contributed by atoms with E-state index in [1.807, 2.05) is 37.3 Å². The lowest BCUT2D eigenvalue weighted by Gasteiger charge is -2.33. The molecule has 41 heavy (non-hydrogen) atoms. The maximum absolute atomic E-state index is 14.8. The number of carbonyl (C=O) groups excluding carboxylic acids is 2. The fraction of sp³-hybridized carbons (Fsp3) is 0.188. The summed E-state index contributed by atoms with van der Waals surface area (Å²) in [4.78, 5) is 28.6. The zero-order valence-electron chi connectivity index (χ0n) is 22.9. The van der Waals surface area contributed by atoms with Crippen molar-refractivity contribution in [1.29, 1.82) is 0 Å². The average molecular weight is 574 g/mol. The van der Waals surface area contributed by atoms with Crippen LogP contribution in [0.4, 0.5) is 10.1 Å². The van der Waals surface area contributed by atoms with Crippen LogP contribution in [0.1, 0.15) is 16.7 Å². The van der Waals surface area contributed by atoms with Gasteiger partial charge in [-0.25, -0.2) is 12.8 Å². The minimum atomic E-state index is -4.18. The van der Waals surface area contributed by atoms with Crippen LogP contribution in [0.25, 0.3) is 0 Å². The molecule has 0 heterocycles. The molecule has 7 nitrogen and oxygen atoms in total. The van der Waals surface area contributed by atoms with Crippen molar-refractivity contribution in [1.82, 2.24) is 10.2 Å². The first-order valence-corrected chi connectivity index (χ1v) is 14.6. The van der Waals surface area contributed by atoms with Gasteiger partial charge in [0.2, 0.25) is 11.8 Å². The highest BCUT2D eigenvalue weighted by atomic mass is 32.2. The Bertz CT molecular complexity index is 1580. The molecule has 4 aromatic carbocycles. The van der Waals surface area contributed by atoms with E-state index in [1.165, 1.54) is 42.3 Å². The minimum Gasteiger partial charge on any atom is -0.357 e. The first-order chi connectivity index (χ1) is 19.7. The molecule has 0 aliphatic carbocycles. The van der Waals surface area contributed by atoms with Gasteiger partial charge >= 0.3 is 0 Å². The normalized spacial score (nSPS) is 11.9. The first-order valence-electron chi connectivity index (χ1n) is 13.1. The smallest absolute Gasteiger partial charge is 0.264 e. The minimum absolute atomic E-state index is 0.0150. The fourth-order valence-electron chi connectivity index (χ4n) is 4.49. The molecular formula is C32H32FN3O4S. The average Bonchev–Trinajstić information content (AvgIpc) is 2.99. The van der Waals surface area contributed by atoms with E-state index in [2.05, 4.69) is 5.32 Å². The van der Waals surface area contributed by atoms with Crippen molar-refractivity contribution in [3.63, 3.8) is 0 Å². The van der Waals surface area contributed by atoms with Crippen molar-refractivity contribution in [2.45, 2.75) is 30.8 Å². The second kappa shape index (κ2) is 13.2. The SMILES string of the molecule is CNC(=O)C(Cc1ccccc1)N(Cc1ccccc1F)C(=O)CN(c1ccc(C)cc1)S(=O)(=O)c1ccccc1. The highest BCUT2D eigenvalue weighted by molar-refractivity contribution is 7.92. The lowest BCUT2D eigenvalue weighted by molar-refractivity contribution is -0.139. The monoisotopic (exact) mass is 573 g/mol. The zero-order chi connectivity index (χ0) is 29.4. The molecule has 0 fully saturated rings. The number of aryl methyl sites for hydroxylation is 1. The molecular weight excluding hydrogens is 541 g/mol. The number of halogens is 1. The van der Waals surface area contributed by atoms with Gasteiger partial charge in [0.15, 0.2) is 0 Å². The summed E-state index contributed by atoms with van der Waals surface area (Å²) in [7, 11) is -2.71. The Morgan fingerprint density at radius 3 is 2.02 bits per heavy atom. The Kier molecular flexibility index (Phi) is 9.52. The number of sulfonamides is 1. The van der Waals surface area contributed by atoms with Crippen molar-refractivity contribution in [3.05, 3.63) is 132 Å². The lowest BCUT2D eigenvalue weighted by atomic mass is 10.0. The summed E-state index contributed by atoms with van der Waals surface area (Å²) in [5.41, 5.74) is 2.20. The number of likely N-dealkylation sites (N-methyl/N-ethyl adjacent to an activating group) is 1. The Labute approximate surface area is 240 Å². The summed E-state index contributed by atoms with van der Waals surface area (Å²) in [6, 6.07) is 28.7. The van der Waals surface area contributed by atoms with Gasteiger partial charge in [0.05, 0.1) is 10.6 Å². The van der Waals surface area contributed by atoms with E-state index in [4.69, 9.17) is 0 Å². The van der Waals surface area contributed by atoms with Gasteiger partial charge in [0.25, 0.3) is 10.0 Å². The third-order valence-electron chi connectivity index (χ3n) is 6.75. The Hall–Kier alpha value is -4.50. The quantitative estimate of drug-likeness (QED) is 0.282. The van der Waals surface area contributed by atoms with Gasteiger partial charge in [-0.15, -0.1) is 0 Å². The molecule has 9 heteroatoms. The van der Waals surface area contributed by atoms with E-state index < -0.39 is 40.2 Å². The van der Waals surface area contributed by atoms with Gasteiger partial charge < -0.3 is 10.2 Å². The number of anilines is 1. The second-order valence-electron chi connectivity index (χ2n) is 9.59. The summed E-state index contributed by atoms with van der Waals surface area (Å²) in [5.74, 6) is -1.64. The van der Waals surface area contributed by atoms with Crippen molar-refractivity contribution in [2.75, 3.05) is 17.9 Å². The molecule has 4 rings (SSSR count). The van der Waals surface area contributed by atoms with Crippen LogP contribution in [0, 0.1) is 12.7 Å². The van der Waals surface area contributed by atoms with E-state index in [-0.39, 0.29) is 29.1 Å². The van der Waals surface area contributed by atoms with E-state index in [9.17, 15) is 22.4 Å². The predicted molar refractivity (Wildman–Crippen MR) is 157 cm³/mol. The summed E-state index contributed by atoms with van der Waals surface area (Å²) in [6.45, 7) is 1.04. The molecule has 0 aliphatic heterocycles. The molecule has 1 atom stereocenters. The van der Waals surface area contributed by atoms with Crippen LogP contribution in [0.15, 0.2) is 114 Å². The Balaban J connectivity index is 1.78. The lowest BCUT2D eigenvalue weighted by Crippen LogP contribution is -2.53. The summed E-state index contributed by atoms with van der Waals surface area (Å²) in [5, 5.41) is 2.61. The highest BCUT2D eigenvalue weighted by Crippen LogP contribution is 2.25. The third-order valence-corrected chi connectivity index (χ3v) is 8.54. The van der Waals surface area contributed by atoms with Crippen molar-refractivity contribution >= 4 is 27.5 Å². The summed E-state index contributed by atoms with van der Waals surface area (Å²) < 4.78 is 43.6. The van der Waals surface area contributed by atoms with Crippen LogP contribution in [0.5, 0.6) is 0 Å². The van der Waals surface area contributed by atoms with Gasteiger partial charge in [-0.2, -0.15) is 0 Å². The highest BCUT2D eigenvalue weighted by Gasteiger charge is 2.34. The molecule has 0 saturated carbocycles. The number of carbonyl (C=O) groups is 2. The maximum Gasteiger partial charge on any atom is 0.264 e. The van der Waals surface area contributed by atoms with Crippen molar-refractivity contribution in [3.8, 4) is 0 Å². The number of hydrogen-bond acceptors (Lipinski definition) is 4. The standard InChI is InChI=1S/C32H32FN3O4S/c1-24-17-19-27(20-18-24)36(41(39,40)28-14-7-4-8-15-28)23-31(37)35(22-26-13-9-10-16-29(26)33)30(32(38)34-2)21-25-11-5-3-6-12-25/h3-20,30H,21-23H2,1-2H3,(H,34,38). The number of amides is 2. The number of nitrogens with zero attached hydrogens (tertiary/aromatic N) is 2. The van der Waals surface area contributed by atoms with Gasteiger partial charge in [0, 0.05) is 25.6 Å². The third kappa shape index (κ3) is 7.18. The predicted octanol–water partition coefficient (Wildman–Crippen LogP) is 4.72. The molecule has 0 aromatic heterocycles. The summed E-state index contributed by atoms with van der Waals surface area (Å²) in [6.07, 6.45) is 0.149. The fourth-order valence-corrected chi connectivity index (χ4v) is 5.93. The molecule has 4 aromatic rings. The van der Waals surface area contributed by atoms with E-state index in [0.717, 1.165) is 15.4 Å². The summed E-state index contributed by atoms with van der Waals surface area (Å²) >= 11 is 0. The van der Waals surface area contributed by atoms with Crippen LogP contribution >= 0.6 is 0 Å². The number of hydrogen-bond donors (Lipinski definition) is 1. The second-order valence-corrected chi connectivity index (χ2v) is 11.5. The van der Waals surface area contributed by atoms with E-state index in [1.54, 1.807) is 48.5 Å². The molecule has 1 unspecified atom stereocenters. The van der Waals surface area contributed by atoms with E-state index in [0.29, 0.717) is 0 Å². The molecule has 1 N–H and O–H groups in total. The van der Waals surface area contributed by atoms with E-state index >= 15 is 0 Å². The molecule has 0 saturated heterocycles. The molecule has 0 bridgehead atoms. The maximum atomic E-state index is 14.8. The molecule has 212 valence electrons. The molecule has 2 amide bonds. The molecule has 0 aliphatic rings. The van der Waals surface area contributed by atoms with Crippen LogP contribution < -0.4 is 9.62 Å². The molecule has 0 radical (unpaired) electrons. The number of rotatable bonds is 11. The van der Waals surface area contributed by atoms with Crippen molar-refractivity contribution < 1.29 is 22.4 Å². The first kappa shape index (κ1) is 29.5. The topological polar surface area (TPSA) is 86.8 Å².